The van der Waals surface area contributed by atoms with E-state index in [1.165, 1.54) is 18.3 Å². The second-order valence-corrected chi connectivity index (χ2v) is 3.74. The summed E-state index contributed by atoms with van der Waals surface area (Å²) in [7, 11) is 0. The molecule has 0 aliphatic carbocycles. The molecule has 3 N–H and O–H groups in total. The summed E-state index contributed by atoms with van der Waals surface area (Å²) < 4.78 is 0. The van der Waals surface area contributed by atoms with E-state index in [2.05, 4.69) is 15.2 Å². The molecule has 0 spiro atoms. The zero-order valence-electron chi connectivity index (χ0n) is 9.60. The van der Waals surface area contributed by atoms with Crippen LogP contribution in [0.25, 0.3) is 0 Å². The molecule has 0 atom stereocenters. The Labute approximate surface area is 102 Å². The molecule has 0 radical (unpaired) electrons. The van der Waals surface area contributed by atoms with Gasteiger partial charge in [0, 0.05) is 11.9 Å². The van der Waals surface area contributed by atoms with E-state index in [4.69, 9.17) is 0 Å². The summed E-state index contributed by atoms with van der Waals surface area (Å²) in [5.41, 5.74) is 1.48. The van der Waals surface area contributed by atoms with Crippen LogP contribution in [0.3, 0.4) is 0 Å². The van der Waals surface area contributed by atoms with Crippen molar-refractivity contribution in [2.45, 2.75) is 6.92 Å². The highest BCUT2D eigenvalue weighted by atomic mass is 16.3. The number of H-pyrrole nitrogens is 2. The van der Waals surface area contributed by atoms with Crippen molar-refractivity contribution in [3.05, 3.63) is 45.4 Å². The molecule has 18 heavy (non-hydrogen) atoms. The number of phenols is 1. The van der Waals surface area contributed by atoms with Crippen LogP contribution in [-0.2, 0) is 0 Å². The number of hydrogen-bond donors (Lipinski definition) is 3. The molecule has 0 bridgehead atoms. The van der Waals surface area contributed by atoms with Crippen LogP contribution in [0.1, 0.15) is 21.6 Å². The maximum Gasteiger partial charge on any atom is 0.272 e. The average Bonchev–Trinajstić information content (AvgIpc) is 2.68. The number of aromatic amines is 2. The molecule has 0 saturated carbocycles. The van der Waals surface area contributed by atoms with E-state index >= 15 is 0 Å². The minimum absolute atomic E-state index is 0.0976. The summed E-state index contributed by atoms with van der Waals surface area (Å²) in [4.78, 5) is 26.1. The number of carbonyl (C=O) groups excluding carboxylic acids is 1. The lowest BCUT2D eigenvalue weighted by Crippen LogP contribution is -2.04. The van der Waals surface area contributed by atoms with Gasteiger partial charge in [-0.2, -0.15) is 0 Å². The molecule has 0 aliphatic rings. The minimum atomic E-state index is -0.259. The highest BCUT2D eigenvalue weighted by Gasteiger charge is 2.03. The molecule has 1 heterocycles. The van der Waals surface area contributed by atoms with Gasteiger partial charge in [0.1, 0.15) is 5.75 Å². The van der Waals surface area contributed by atoms with Gasteiger partial charge in [-0.05, 0) is 25.1 Å². The number of rotatable bonds is 3. The first kappa shape index (κ1) is 11.8. The van der Waals surface area contributed by atoms with E-state index in [0.717, 1.165) is 0 Å². The van der Waals surface area contributed by atoms with Crippen molar-refractivity contribution in [1.29, 1.82) is 0 Å². The molecule has 0 saturated heterocycles. The molecule has 0 aliphatic heterocycles. The van der Waals surface area contributed by atoms with Crippen LogP contribution in [-0.4, -0.2) is 27.8 Å². The fourth-order valence-corrected chi connectivity index (χ4v) is 1.47. The summed E-state index contributed by atoms with van der Waals surface area (Å²) in [6.07, 6.45) is 1.95. The molecule has 6 heteroatoms. The summed E-state index contributed by atoms with van der Waals surface area (Å²) in [5, 5.41) is 14.4. The number of carbonyl (C=O) groups is 1. The predicted molar refractivity (Wildman–Crippen MR) is 66.9 cm³/mol. The Morgan fingerprint density at radius 3 is 2.72 bits per heavy atom. The van der Waals surface area contributed by atoms with Gasteiger partial charge >= 0.3 is 0 Å². The van der Waals surface area contributed by atoms with Crippen molar-refractivity contribution in [2.24, 2.45) is 4.99 Å². The third-order valence-electron chi connectivity index (χ3n) is 2.49. The summed E-state index contributed by atoms with van der Waals surface area (Å²) in [6, 6.07) is 4.37. The molecule has 1 aromatic carbocycles. The molecule has 92 valence electrons. The first-order chi connectivity index (χ1) is 8.61. The Bertz CT molecular complexity index is 667. The SMILES string of the molecule is Cc1[nH][nH]c(=O)c1C=Nc1ccc(O)c(C=O)c1. The Balaban J connectivity index is 2.35. The van der Waals surface area contributed by atoms with Gasteiger partial charge in [-0.1, -0.05) is 0 Å². The topological polar surface area (TPSA) is 98.3 Å². The minimum Gasteiger partial charge on any atom is -0.507 e. The maximum absolute atomic E-state index is 11.4. The molecular weight excluding hydrogens is 234 g/mol. The number of aliphatic imine (C=N–C) groups is 1. The molecule has 0 fully saturated rings. The van der Waals surface area contributed by atoms with Gasteiger partial charge in [0.15, 0.2) is 6.29 Å². The number of hydrogen-bond acceptors (Lipinski definition) is 4. The van der Waals surface area contributed by atoms with Crippen molar-refractivity contribution < 1.29 is 9.90 Å². The number of aromatic hydroxyl groups is 1. The summed E-state index contributed by atoms with van der Waals surface area (Å²) in [6.45, 7) is 1.74. The van der Waals surface area contributed by atoms with E-state index in [9.17, 15) is 14.7 Å². The highest BCUT2D eigenvalue weighted by Crippen LogP contribution is 2.21. The fraction of sp³-hybridized carbons (Fsp3) is 0.0833. The van der Waals surface area contributed by atoms with Crippen molar-refractivity contribution in [2.75, 3.05) is 0 Å². The van der Waals surface area contributed by atoms with Gasteiger partial charge in [-0.25, -0.2) is 0 Å². The van der Waals surface area contributed by atoms with Crippen molar-refractivity contribution in [3.63, 3.8) is 0 Å². The van der Waals surface area contributed by atoms with Gasteiger partial charge in [-0.3, -0.25) is 19.7 Å². The molecule has 2 aromatic rings. The van der Waals surface area contributed by atoms with Crippen LogP contribution in [0.15, 0.2) is 28.0 Å². The zero-order chi connectivity index (χ0) is 13.1. The van der Waals surface area contributed by atoms with Crippen LogP contribution in [0, 0.1) is 6.92 Å². The lowest BCUT2D eigenvalue weighted by Gasteiger charge is -1.98. The molecule has 0 unspecified atom stereocenters. The smallest absolute Gasteiger partial charge is 0.272 e. The highest BCUT2D eigenvalue weighted by molar-refractivity contribution is 5.85. The van der Waals surface area contributed by atoms with Gasteiger partial charge in [0.2, 0.25) is 0 Å². The third kappa shape index (κ3) is 2.22. The van der Waals surface area contributed by atoms with Gasteiger partial charge in [0.05, 0.1) is 16.8 Å². The summed E-state index contributed by atoms with van der Waals surface area (Å²) >= 11 is 0. The van der Waals surface area contributed by atoms with Crippen LogP contribution in [0.2, 0.25) is 0 Å². The Morgan fingerprint density at radius 1 is 1.33 bits per heavy atom. The van der Waals surface area contributed by atoms with E-state index in [-0.39, 0.29) is 16.9 Å². The number of aryl methyl sites for hydroxylation is 1. The van der Waals surface area contributed by atoms with Crippen LogP contribution < -0.4 is 5.56 Å². The number of aldehydes is 1. The van der Waals surface area contributed by atoms with Crippen molar-refractivity contribution >= 4 is 18.2 Å². The van der Waals surface area contributed by atoms with E-state index < -0.39 is 0 Å². The Morgan fingerprint density at radius 2 is 2.11 bits per heavy atom. The predicted octanol–water partition coefficient (Wildman–Crippen LogP) is 1.28. The zero-order valence-corrected chi connectivity index (χ0v) is 9.60. The van der Waals surface area contributed by atoms with Gasteiger partial charge < -0.3 is 10.2 Å². The number of aromatic nitrogens is 2. The normalized spacial score (nSPS) is 10.9. The maximum atomic E-state index is 11.4. The Kier molecular flexibility index (Phi) is 3.09. The van der Waals surface area contributed by atoms with E-state index in [1.54, 1.807) is 13.0 Å². The average molecular weight is 245 g/mol. The first-order valence-electron chi connectivity index (χ1n) is 5.21. The molecule has 0 amide bonds. The molecule has 2 rings (SSSR count). The lowest BCUT2D eigenvalue weighted by molar-refractivity contribution is 0.112. The van der Waals surface area contributed by atoms with Crippen LogP contribution in [0.4, 0.5) is 5.69 Å². The number of nitrogens with one attached hydrogen (secondary N) is 2. The fourth-order valence-electron chi connectivity index (χ4n) is 1.47. The largest absolute Gasteiger partial charge is 0.507 e. The first-order valence-corrected chi connectivity index (χ1v) is 5.21. The van der Waals surface area contributed by atoms with Gasteiger partial charge in [-0.15, -0.1) is 0 Å². The second-order valence-electron chi connectivity index (χ2n) is 3.74. The number of phenolic OH excluding ortho intramolecular Hbond substituents is 1. The second kappa shape index (κ2) is 4.70. The lowest BCUT2D eigenvalue weighted by atomic mass is 10.2. The van der Waals surface area contributed by atoms with Crippen LogP contribution in [0.5, 0.6) is 5.75 Å². The van der Waals surface area contributed by atoms with E-state index in [0.29, 0.717) is 23.2 Å². The molecular formula is C12H11N3O3. The number of benzene rings is 1. The number of nitrogens with zero attached hydrogens (tertiary/aromatic N) is 1. The van der Waals surface area contributed by atoms with Crippen LogP contribution >= 0.6 is 0 Å². The quantitative estimate of drug-likeness (QED) is 0.561. The molecule has 6 nitrogen and oxygen atoms in total. The Hall–Kier alpha value is -2.63. The molecule has 1 aromatic heterocycles. The van der Waals surface area contributed by atoms with Gasteiger partial charge in [0.25, 0.3) is 5.56 Å². The van der Waals surface area contributed by atoms with E-state index in [1.807, 2.05) is 0 Å². The van der Waals surface area contributed by atoms with Crippen molar-refractivity contribution in [3.8, 4) is 5.75 Å². The van der Waals surface area contributed by atoms with Crippen molar-refractivity contribution in [1.82, 2.24) is 10.2 Å². The summed E-state index contributed by atoms with van der Waals surface area (Å²) in [5.74, 6) is -0.0976. The monoisotopic (exact) mass is 245 g/mol. The standard InChI is InChI=1S/C12H11N3O3/c1-7-10(12(18)15-14-7)5-13-9-2-3-11(17)8(4-9)6-16/h2-6,17H,1H3,(H2,14,15,18). The third-order valence-corrected chi connectivity index (χ3v) is 2.49.